The first-order valence-corrected chi connectivity index (χ1v) is 8.30. The lowest BCUT2D eigenvalue weighted by Crippen LogP contribution is -2.45. The molecule has 1 N–H and O–H groups in total. The Labute approximate surface area is 148 Å². The van der Waals surface area contributed by atoms with Gasteiger partial charge in [-0.25, -0.2) is 0 Å². The Bertz CT molecular complexity index is 789. The summed E-state index contributed by atoms with van der Waals surface area (Å²) in [7, 11) is 0. The molecule has 0 bridgehead atoms. The van der Waals surface area contributed by atoms with Crippen LogP contribution in [0, 0.1) is 0 Å². The number of nitrogens with zero attached hydrogens (tertiary/aromatic N) is 1. The molecule has 4 heteroatoms. The van der Waals surface area contributed by atoms with Gasteiger partial charge in [-0.3, -0.25) is 4.99 Å². The average molecular weight is 329 g/mol. The molecule has 0 heterocycles. The van der Waals surface area contributed by atoms with E-state index in [9.17, 15) is 5.11 Å². The molecule has 0 atom stereocenters. The topological polar surface area (TPSA) is 41.8 Å². The SMILES string of the molecule is OCc1ccc(B(OC/C=N\c2ccccc2)c2ccccc2)cc1. The minimum absolute atomic E-state index is 0.0425. The molecule has 3 aromatic rings. The lowest BCUT2D eigenvalue weighted by molar-refractivity contribution is 0.282. The van der Waals surface area contributed by atoms with Gasteiger partial charge in [0.05, 0.1) is 18.9 Å². The zero-order chi connectivity index (χ0) is 17.3. The van der Waals surface area contributed by atoms with Crippen LogP contribution in [0.2, 0.25) is 0 Å². The standard InChI is InChI=1S/C21H20BNO2/c24-17-18-11-13-20(14-12-18)22(19-7-3-1-4-8-19)25-16-15-23-21-9-5-2-6-10-21/h1-15,24H,16-17H2/b23-15-. The number of aliphatic imine (C=N–C) groups is 1. The zero-order valence-corrected chi connectivity index (χ0v) is 14.0. The van der Waals surface area contributed by atoms with E-state index >= 15 is 0 Å². The summed E-state index contributed by atoms with van der Waals surface area (Å²) in [6, 6.07) is 27.8. The van der Waals surface area contributed by atoms with E-state index in [1.54, 1.807) is 6.21 Å². The molecule has 0 fully saturated rings. The third-order valence-electron chi connectivity index (χ3n) is 3.90. The van der Waals surface area contributed by atoms with E-state index in [1.807, 2.05) is 72.8 Å². The third kappa shape index (κ3) is 4.89. The van der Waals surface area contributed by atoms with Gasteiger partial charge in [0.2, 0.25) is 0 Å². The Morgan fingerprint density at radius 3 is 2.04 bits per heavy atom. The number of aliphatic hydroxyl groups excluding tert-OH is 1. The van der Waals surface area contributed by atoms with E-state index in [0.29, 0.717) is 6.61 Å². The summed E-state index contributed by atoms with van der Waals surface area (Å²) in [4.78, 5) is 4.41. The summed E-state index contributed by atoms with van der Waals surface area (Å²) in [5.74, 6) is 0. The Morgan fingerprint density at radius 2 is 1.40 bits per heavy atom. The first-order valence-electron chi connectivity index (χ1n) is 8.30. The number of hydrogen-bond acceptors (Lipinski definition) is 3. The molecule has 0 saturated carbocycles. The molecule has 0 saturated heterocycles. The minimum Gasteiger partial charge on any atom is -0.422 e. The van der Waals surface area contributed by atoms with Crippen molar-refractivity contribution in [1.82, 2.24) is 0 Å². The number of aliphatic hydroxyl groups is 1. The molecule has 3 nitrogen and oxygen atoms in total. The van der Waals surface area contributed by atoms with Crippen LogP contribution in [0.5, 0.6) is 0 Å². The smallest absolute Gasteiger partial charge is 0.361 e. The van der Waals surface area contributed by atoms with Gasteiger partial charge in [0, 0.05) is 6.21 Å². The highest BCUT2D eigenvalue weighted by molar-refractivity contribution is 6.80. The molecular weight excluding hydrogens is 309 g/mol. The molecule has 25 heavy (non-hydrogen) atoms. The zero-order valence-electron chi connectivity index (χ0n) is 14.0. The van der Waals surface area contributed by atoms with Crippen molar-refractivity contribution in [1.29, 1.82) is 0 Å². The van der Waals surface area contributed by atoms with E-state index in [1.165, 1.54) is 0 Å². The lowest BCUT2D eigenvalue weighted by atomic mass is 9.55. The fourth-order valence-electron chi connectivity index (χ4n) is 2.61. The van der Waals surface area contributed by atoms with E-state index < -0.39 is 0 Å². The summed E-state index contributed by atoms with van der Waals surface area (Å²) in [5, 5.41) is 9.22. The molecule has 124 valence electrons. The maximum atomic E-state index is 9.22. The number of benzene rings is 3. The Morgan fingerprint density at radius 1 is 0.800 bits per heavy atom. The van der Waals surface area contributed by atoms with Gasteiger partial charge >= 0.3 is 6.92 Å². The van der Waals surface area contributed by atoms with Crippen molar-refractivity contribution in [2.45, 2.75) is 6.61 Å². The van der Waals surface area contributed by atoms with Crippen LogP contribution in [0.4, 0.5) is 5.69 Å². The summed E-state index contributed by atoms with van der Waals surface area (Å²) in [5.41, 5.74) is 3.94. The van der Waals surface area contributed by atoms with Crippen molar-refractivity contribution >= 4 is 29.7 Å². The normalized spacial score (nSPS) is 10.9. The molecule has 0 radical (unpaired) electrons. The van der Waals surface area contributed by atoms with Crippen molar-refractivity contribution in [2.24, 2.45) is 4.99 Å². The fourth-order valence-corrected chi connectivity index (χ4v) is 2.61. The molecule has 0 aliphatic heterocycles. The molecule has 0 amide bonds. The van der Waals surface area contributed by atoms with Crippen LogP contribution < -0.4 is 10.9 Å². The second-order valence-electron chi connectivity index (χ2n) is 5.67. The monoisotopic (exact) mass is 329 g/mol. The molecule has 3 rings (SSSR count). The second kappa shape index (κ2) is 8.97. The van der Waals surface area contributed by atoms with Gasteiger partial charge in [0.1, 0.15) is 0 Å². The van der Waals surface area contributed by atoms with E-state index in [2.05, 4.69) is 17.1 Å². The molecule has 0 spiro atoms. The lowest BCUT2D eigenvalue weighted by Gasteiger charge is -2.14. The highest BCUT2D eigenvalue weighted by atomic mass is 16.4. The quantitative estimate of drug-likeness (QED) is 0.535. The van der Waals surface area contributed by atoms with Crippen molar-refractivity contribution in [2.75, 3.05) is 6.61 Å². The molecular formula is C21H20BNO2. The van der Waals surface area contributed by atoms with Crippen molar-refractivity contribution in [3.8, 4) is 0 Å². The van der Waals surface area contributed by atoms with Crippen molar-refractivity contribution < 1.29 is 9.76 Å². The summed E-state index contributed by atoms with van der Waals surface area (Å²) < 4.78 is 6.10. The third-order valence-corrected chi connectivity index (χ3v) is 3.90. The van der Waals surface area contributed by atoms with Gasteiger partial charge in [-0.2, -0.15) is 0 Å². The van der Waals surface area contributed by atoms with Crippen LogP contribution in [0.3, 0.4) is 0 Å². The van der Waals surface area contributed by atoms with Crippen LogP contribution >= 0.6 is 0 Å². The van der Waals surface area contributed by atoms with Gasteiger partial charge in [-0.05, 0) is 28.6 Å². The first kappa shape index (κ1) is 17.1. The van der Waals surface area contributed by atoms with Gasteiger partial charge in [0.15, 0.2) is 0 Å². The second-order valence-corrected chi connectivity index (χ2v) is 5.67. The van der Waals surface area contributed by atoms with Gasteiger partial charge in [0.25, 0.3) is 0 Å². The molecule has 0 aromatic heterocycles. The largest absolute Gasteiger partial charge is 0.422 e. The fraction of sp³-hybridized carbons (Fsp3) is 0.0952. The van der Waals surface area contributed by atoms with Crippen molar-refractivity contribution in [3.63, 3.8) is 0 Å². The summed E-state index contributed by atoms with van der Waals surface area (Å²) >= 11 is 0. The molecule has 0 aliphatic carbocycles. The summed E-state index contributed by atoms with van der Waals surface area (Å²) in [6.07, 6.45) is 1.79. The van der Waals surface area contributed by atoms with E-state index in [4.69, 9.17) is 4.65 Å². The van der Waals surface area contributed by atoms with Crippen LogP contribution in [0.25, 0.3) is 0 Å². The molecule has 0 unspecified atom stereocenters. The number of hydrogen-bond donors (Lipinski definition) is 1. The van der Waals surface area contributed by atoms with Crippen LogP contribution in [0.15, 0.2) is 89.9 Å². The number of rotatable bonds is 7. The Hall–Kier alpha value is -2.69. The van der Waals surface area contributed by atoms with Crippen LogP contribution in [-0.4, -0.2) is 24.8 Å². The molecule has 3 aromatic carbocycles. The first-order chi connectivity index (χ1) is 12.4. The van der Waals surface area contributed by atoms with Gasteiger partial charge in [-0.1, -0.05) is 72.8 Å². The highest BCUT2D eigenvalue weighted by Gasteiger charge is 2.20. The minimum atomic E-state index is -0.170. The van der Waals surface area contributed by atoms with Crippen LogP contribution in [0.1, 0.15) is 5.56 Å². The van der Waals surface area contributed by atoms with Gasteiger partial charge in [-0.15, -0.1) is 0 Å². The predicted octanol–water partition coefficient (Wildman–Crippen LogP) is 2.70. The highest BCUT2D eigenvalue weighted by Crippen LogP contribution is 2.08. The summed E-state index contributed by atoms with van der Waals surface area (Å²) in [6.45, 7) is 0.285. The maximum Gasteiger partial charge on any atom is 0.361 e. The van der Waals surface area contributed by atoms with Crippen molar-refractivity contribution in [3.05, 3.63) is 90.5 Å². The Balaban J connectivity index is 1.73. The number of para-hydroxylation sites is 1. The predicted molar refractivity (Wildman–Crippen MR) is 104 cm³/mol. The average Bonchev–Trinajstić information content (AvgIpc) is 2.70. The van der Waals surface area contributed by atoms with Gasteiger partial charge < -0.3 is 9.76 Å². The molecule has 0 aliphatic rings. The van der Waals surface area contributed by atoms with Crippen LogP contribution in [-0.2, 0) is 11.3 Å². The Kier molecular flexibility index (Phi) is 6.15. The van der Waals surface area contributed by atoms with E-state index in [0.717, 1.165) is 22.2 Å². The maximum absolute atomic E-state index is 9.22. The van der Waals surface area contributed by atoms with E-state index in [-0.39, 0.29) is 13.5 Å².